The zero-order valence-corrected chi connectivity index (χ0v) is 17.0. The van der Waals surface area contributed by atoms with Gasteiger partial charge in [0.05, 0.1) is 21.3 Å². The molecule has 2 N–H and O–H groups in total. The number of hydrogen-bond donors (Lipinski definition) is 2. The quantitative estimate of drug-likeness (QED) is 0.762. The van der Waals surface area contributed by atoms with Gasteiger partial charge in [-0.25, -0.2) is 0 Å². The van der Waals surface area contributed by atoms with Crippen molar-refractivity contribution in [3.63, 3.8) is 0 Å². The number of amides is 2. The Kier molecular flexibility index (Phi) is 6.87. The number of rotatable bonds is 7. The van der Waals surface area contributed by atoms with Crippen LogP contribution in [0, 0.1) is 6.92 Å². The maximum atomic E-state index is 12.8. The van der Waals surface area contributed by atoms with Crippen LogP contribution in [0.1, 0.15) is 40.1 Å². The minimum Gasteiger partial charge on any atom is -0.493 e. The molecule has 150 valence electrons. The highest BCUT2D eigenvalue weighted by Gasteiger charge is 2.18. The largest absolute Gasteiger partial charge is 0.493 e. The van der Waals surface area contributed by atoms with Crippen LogP contribution >= 0.6 is 0 Å². The van der Waals surface area contributed by atoms with Crippen LogP contribution in [0.25, 0.3) is 0 Å². The van der Waals surface area contributed by atoms with E-state index in [1.807, 2.05) is 20.8 Å². The van der Waals surface area contributed by atoms with Crippen LogP contribution in [-0.4, -0.2) is 39.2 Å². The zero-order valence-electron chi connectivity index (χ0n) is 17.0. The fraction of sp³-hybridized carbons (Fsp3) is 0.333. The molecule has 2 aromatic rings. The second kappa shape index (κ2) is 9.12. The molecule has 2 aromatic carbocycles. The second-order valence-corrected chi connectivity index (χ2v) is 6.53. The van der Waals surface area contributed by atoms with Crippen LogP contribution in [0.4, 0.5) is 5.69 Å². The average molecular weight is 386 g/mol. The number of ether oxygens (including phenoxy) is 3. The van der Waals surface area contributed by atoms with E-state index in [2.05, 4.69) is 10.6 Å². The zero-order chi connectivity index (χ0) is 20.8. The first-order valence-corrected chi connectivity index (χ1v) is 8.83. The van der Waals surface area contributed by atoms with Gasteiger partial charge in [-0.2, -0.15) is 0 Å². The van der Waals surface area contributed by atoms with Crippen molar-refractivity contribution in [1.82, 2.24) is 5.32 Å². The molecule has 0 aliphatic rings. The molecular formula is C21H26N2O5. The SMILES string of the molecule is COc1cc(C(=O)Nc2cc(C(=O)NC(C)C)ccc2C)cc(OC)c1OC. The summed E-state index contributed by atoms with van der Waals surface area (Å²) in [5.41, 5.74) is 2.20. The van der Waals surface area contributed by atoms with E-state index in [0.717, 1.165) is 5.56 Å². The van der Waals surface area contributed by atoms with Gasteiger partial charge in [0.2, 0.25) is 5.75 Å². The van der Waals surface area contributed by atoms with Gasteiger partial charge in [-0.1, -0.05) is 6.07 Å². The van der Waals surface area contributed by atoms with Crippen LogP contribution in [0.3, 0.4) is 0 Å². The first kappa shape index (κ1) is 21.1. The Hall–Kier alpha value is -3.22. The molecule has 0 heterocycles. The molecule has 0 bridgehead atoms. The number of anilines is 1. The van der Waals surface area contributed by atoms with Crippen molar-refractivity contribution in [2.24, 2.45) is 0 Å². The summed E-state index contributed by atoms with van der Waals surface area (Å²) < 4.78 is 15.9. The Morgan fingerprint density at radius 2 is 1.46 bits per heavy atom. The fourth-order valence-electron chi connectivity index (χ4n) is 2.65. The normalized spacial score (nSPS) is 10.4. The third kappa shape index (κ3) is 4.73. The minimum atomic E-state index is -0.358. The molecule has 7 heteroatoms. The van der Waals surface area contributed by atoms with Gasteiger partial charge >= 0.3 is 0 Å². The van der Waals surface area contributed by atoms with Gasteiger partial charge < -0.3 is 24.8 Å². The summed E-state index contributed by atoms with van der Waals surface area (Å²) in [4.78, 5) is 25.0. The third-order valence-electron chi connectivity index (χ3n) is 4.09. The molecule has 0 fully saturated rings. The van der Waals surface area contributed by atoms with Gasteiger partial charge in [0.15, 0.2) is 11.5 Å². The van der Waals surface area contributed by atoms with Crippen LogP contribution in [-0.2, 0) is 0 Å². The molecule has 0 saturated carbocycles. The molecule has 0 radical (unpaired) electrons. The lowest BCUT2D eigenvalue weighted by molar-refractivity contribution is 0.0941. The standard InChI is InChI=1S/C21H26N2O5/c1-12(2)22-20(24)14-8-7-13(3)16(9-14)23-21(25)15-10-17(26-4)19(28-6)18(11-15)27-5/h7-12H,1-6H3,(H,22,24)(H,23,25). The summed E-state index contributed by atoms with van der Waals surface area (Å²) in [7, 11) is 4.47. The molecule has 0 spiro atoms. The van der Waals surface area contributed by atoms with Gasteiger partial charge in [0, 0.05) is 22.9 Å². The van der Waals surface area contributed by atoms with Crippen molar-refractivity contribution in [2.45, 2.75) is 26.8 Å². The van der Waals surface area contributed by atoms with Crippen LogP contribution in [0.5, 0.6) is 17.2 Å². The topological polar surface area (TPSA) is 85.9 Å². The van der Waals surface area contributed by atoms with Gasteiger partial charge in [-0.05, 0) is 50.6 Å². The van der Waals surface area contributed by atoms with Crippen molar-refractivity contribution < 1.29 is 23.8 Å². The lowest BCUT2D eigenvalue weighted by Crippen LogP contribution is -2.30. The number of benzene rings is 2. The molecule has 0 aliphatic carbocycles. The molecule has 2 rings (SSSR count). The van der Waals surface area contributed by atoms with Gasteiger partial charge in [0.25, 0.3) is 11.8 Å². The predicted octanol–water partition coefficient (Wildman–Crippen LogP) is 3.41. The maximum Gasteiger partial charge on any atom is 0.255 e. The summed E-state index contributed by atoms with van der Waals surface area (Å²) in [6, 6.07) is 8.33. The highest BCUT2D eigenvalue weighted by atomic mass is 16.5. The number of aryl methyl sites for hydroxylation is 1. The Morgan fingerprint density at radius 3 is 1.96 bits per heavy atom. The van der Waals surface area contributed by atoms with E-state index in [9.17, 15) is 9.59 Å². The van der Waals surface area contributed by atoms with Crippen molar-refractivity contribution in [3.05, 3.63) is 47.0 Å². The van der Waals surface area contributed by atoms with E-state index in [1.165, 1.54) is 21.3 Å². The first-order valence-electron chi connectivity index (χ1n) is 8.83. The number of hydrogen-bond acceptors (Lipinski definition) is 5. The number of nitrogens with one attached hydrogen (secondary N) is 2. The molecule has 2 amide bonds. The molecule has 0 aromatic heterocycles. The van der Waals surface area contributed by atoms with Gasteiger partial charge in [-0.15, -0.1) is 0 Å². The minimum absolute atomic E-state index is 0.0195. The monoisotopic (exact) mass is 386 g/mol. The molecule has 0 saturated heterocycles. The molecule has 0 aliphatic heterocycles. The fourth-order valence-corrected chi connectivity index (χ4v) is 2.65. The number of carbonyl (C=O) groups excluding carboxylic acids is 2. The van der Waals surface area contributed by atoms with Crippen LogP contribution in [0.2, 0.25) is 0 Å². The van der Waals surface area contributed by atoms with Crippen molar-refractivity contribution in [3.8, 4) is 17.2 Å². The van der Waals surface area contributed by atoms with E-state index in [-0.39, 0.29) is 17.9 Å². The summed E-state index contributed by atoms with van der Waals surface area (Å²) in [5, 5.41) is 5.68. The molecule has 0 unspecified atom stereocenters. The molecular weight excluding hydrogens is 360 g/mol. The molecule has 0 atom stereocenters. The predicted molar refractivity (Wildman–Crippen MR) is 108 cm³/mol. The van der Waals surface area contributed by atoms with Crippen molar-refractivity contribution in [2.75, 3.05) is 26.6 Å². The Labute approximate surface area is 165 Å². The Morgan fingerprint density at radius 1 is 0.857 bits per heavy atom. The Balaban J connectivity index is 2.33. The maximum absolute atomic E-state index is 12.8. The van der Waals surface area contributed by atoms with Crippen LogP contribution < -0.4 is 24.8 Å². The number of carbonyl (C=O) groups is 2. The van der Waals surface area contributed by atoms with Gasteiger partial charge in [0.1, 0.15) is 0 Å². The van der Waals surface area contributed by atoms with E-state index in [1.54, 1.807) is 30.3 Å². The molecule has 7 nitrogen and oxygen atoms in total. The molecule has 28 heavy (non-hydrogen) atoms. The number of methoxy groups -OCH3 is 3. The highest BCUT2D eigenvalue weighted by molar-refractivity contribution is 6.06. The van der Waals surface area contributed by atoms with E-state index < -0.39 is 0 Å². The smallest absolute Gasteiger partial charge is 0.255 e. The highest BCUT2D eigenvalue weighted by Crippen LogP contribution is 2.38. The first-order chi connectivity index (χ1) is 13.3. The van der Waals surface area contributed by atoms with Crippen molar-refractivity contribution >= 4 is 17.5 Å². The van der Waals surface area contributed by atoms with Gasteiger partial charge in [-0.3, -0.25) is 9.59 Å². The van der Waals surface area contributed by atoms with E-state index in [4.69, 9.17) is 14.2 Å². The third-order valence-corrected chi connectivity index (χ3v) is 4.09. The Bertz CT molecular complexity index is 852. The summed E-state index contributed by atoms with van der Waals surface area (Å²) in [6.45, 7) is 5.63. The summed E-state index contributed by atoms with van der Waals surface area (Å²) >= 11 is 0. The van der Waals surface area contributed by atoms with Crippen molar-refractivity contribution in [1.29, 1.82) is 0 Å². The second-order valence-electron chi connectivity index (χ2n) is 6.53. The summed E-state index contributed by atoms with van der Waals surface area (Å²) in [5.74, 6) is 0.620. The van der Waals surface area contributed by atoms with Crippen LogP contribution in [0.15, 0.2) is 30.3 Å². The lowest BCUT2D eigenvalue weighted by atomic mass is 10.1. The van der Waals surface area contributed by atoms with E-state index >= 15 is 0 Å². The summed E-state index contributed by atoms with van der Waals surface area (Å²) in [6.07, 6.45) is 0. The average Bonchev–Trinajstić information content (AvgIpc) is 2.67. The van der Waals surface area contributed by atoms with E-state index in [0.29, 0.717) is 34.1 Å². The lowest BCUT2D eigenvalue weighted by Gasteiger charge is -2.15.